The van der Waals surface area contributed by atoms with E-state index in [0.29, 0.717) is 0 Å². The Labute approximate surface area is 186 Å². The Morgan fingerprint density at radius 1 is 0.879 bits per heavy atom. The number of Topliss-reactive ketones (excluding diaryl/α,β-unsaturated/α-hetero) is 1. The second-order valence-corrected chi connectivity index (χ2v) is 7.74. The molecule has 2 aliphatic rings. The van der Waals surface area contributed by atoms with Crippen LogP contribution in [-0.2, 0) is 9.47 Å². The van der Waals surface area contributed by atoms with Crippen LogP contribution in [0, 0.1) is 0 Å². The number of benzene rings is 2. The summed E-state index contributed by atoms with van der Waals surface area (Å²) in [5.74, 6) is -3.00. The third kappa shape index (κ3) is 4.04. The van der Waals surface area contributed by atoms with E-state index in [9.17, 15) is 45.6 Å². The average molecular weight is 466 g/mol. The zero-order valence-electron chi connectivity index (χ0n) is 16.8. The number of carbonyl (C=O) groups excluding carboxylic acids is 1. The summed E-state index contributed by atoms with van der Waals surface area (Å²) in [5, 5.41) is 79.2. The van der Waals surface area contributed by atoms with Gasteiger partial charge >= 0.3 is 0 Å². The van der Waals surface area contributed by atoms with Crippen molar-refractivity contribution in [3.8, 4) is 28.7 Å². The molecule has 178 valence electrons. The summed E-state index contributed by atoms with van der Waals surface area (Å²) < 4.78 is 16.7. The van der Waals surface area contributed by atoms with Crippen molar-refractivity contribution < 1.29 is 59.9 Å². The molecule has 0 aromatic heterocycles. The monoisotopic (exact) mass is 466 g/mol. The van der Waals surface area contributed by atoms with E-state index >= 15 is 0 Å². The first-order valence-corrected chi connectivity index (χ1v) is 9.87. The van der Waals surface area contributed by atoms with Crippen LogP contribution >= 0.6 is 0 Å². The molecule has 0 spiro atoms. The predicted octanol–water partition coefficient (Wildman–Crippen LogP) is -0.990. The van der Waals surface area contributed by atoms with Gasteiger partial charge in [0.1, 0.15) is 47.2 Å². The fraction of sp³-hybridized carbons (Fsp3) is 0.381. The minimum absolute atomic E-state index is 0.140. The van der Waals surface area contributed by atoms with Gasteiger partial charge in [0.15, 0.2) is 30.0 Å². The number of aromatic hydroxyl groups is 4. The predicted molar refractivity (Wildman–Crippen MR) is 106 cm³/mol. The highest BCUT2D eigenvalue weighted by molar-refractivity contribution is 6.05. The van der Waals surface area contributed by atoms with Crippen molar-refractivity contribution in [2.45, 2.75) is 42.9 Å². The number of rotatable bonds is 4. The zero-order valence-corrected chi connectivity index (χ0v) is 16.8. The zero-order chi connectivity index (χ0) is 24.0. The number of hydrogen-bond acceptors (Lipinski definition) is 12. The summed E-state index contributed by atoms with van der Waals surface area (Å²) in [6.07, 6.45) is -11.2. The van der Waals surface area contributed by atoms with E-state index in [2.05, 4.69) is 0 Å². The van der Waals surface area contributed by atoms with Gasteiger partial charge in [-0.1, -0.05) is 6.07 Å². The van der Waals surface area contributed by atoms with Crippen molar-refractivity contribution in [2.75, 3.05) is 6.61 Å². The van der Waals surface area contributed by atoms with E-state index < -0.39 is 72.6 Å². The first-order chi connectivity index (χ1) is 15.6. The van der Waals surface area contributed by atoms with E-state index in [1.54, 1.807) is 0 Å². The maximum Gasteiger partial charge on any atom is 0.203 e. The van der Waals surface area contributed by atoms with E-state index in [1.165, 1.54) is 6.07 Å². The molecule has 0 saturated carbocycles. The van der Waals surface area contributed by atoms with Gasteiger partial charge in [-0.2, -0.15) is 0 Å². The van der Waals surface area contributed by atoms with Crippen molar-refractivity contribution in [3.05, 3.63) is 41.5 Å². The normalized spacial score (nSPS) is 31.6. The molecule has 12 heteroatoms. The SMILES string of the molecule is O=C1c2c(O)cc(O)cc2O[C@@H](c2ccc(O)c(O)c2)[C@H]1O[C@@H]1O[C@H](CO)[C@H](O)[C@H](O)[C@H]1O. The average Bonchev–Trinajstić information content (AvgIpc) is 2.76. The number of phenols is 4. The van der Waals surface area contributed by atoms with Gasteiger partial charge in [-0.25, -0.2) is 0 Å². The van der Waals surface area contributed by atoms with Crippen LogP contribution in [0.4, 0.5) is 0 Å². The Kier molecular flexibility index (Phi) is 6.05. The van der Waals surface area contributed by atoms with Crippen LogP contribution in [0.3, 0.4) is 0 Å². The molecule has 1 fully saturated rings. The summed E-state index contributed by atoms with van der Waals surface area (Å²) in [6, 6.07) is 5.57. The third-order valence-corrected chi connectivity index (χ3v) is 5.56. The number of aliphatic hydroxyl groups is 4. The molecule has 2 aromatic carbocycles. The Balaban J connectivity index is 1.75. The van der Waals surface area contributed by atoms with E-state index in [4.69, 9.17) is 14.2 Å². The molecule has 33 heavy (non-hydrogen) atoms. The van der Waals surface area contributed by atoms with E-state index in [1.807, 2.05) is 0 Å². The number of ketones is 1. The molecule has 12 nitrogen and oxygen atoms in total. The molecule has 2 aliphatic heterocycles. The first-order valence-electron chi connectivity index (χ1n) is 9.87. The molecule has 8 N–H and O–H groups in total. The van der Waals surface area contributed by atoms with Gasteiger partial charge < -0.3 is 55.1 Å². The van der Waals surface area contributed by atoms with Crippen molar-refractivity contribution in [2.24, 2.45) is 0 Å². The van der Waals surface area contributed by atoms with Crippen LogP contribution in [-0.4, -0.2) is 90.1 Å². The van der Waals surface area contributed by atoms with Crippen molar-refractivity contribution in [3.63, 3.8) is 0 Å². The smallest absolute Gasteiger partial charge is 0.203 e. The van der Waals surface area contributed by atoms with E-state index in [0.717, 1.165) is 24.3 Å². The minimum Gasteiger partial charge on any atom is -0.508 e. The summed E-state index contributed by atoms with van der Waals surface area (Å²) >= 11 is 0. The molecule has 0 amide bonds. The fourth-order valence-corrected chi connectivity index (χ4v) is 3.82. The van der Waals surface area contributed by atoms with Crippen LogP contribution in [0.1, 0.15) is 22.0 Å². The molecule has 0 unspecified atom stereocenters. The Bertz CT molecular complexity index is 1050. The Morgan fingerprint density at radius 3 is 2.27 bits per heavy atom. The molecule has 0 radical (unpaired) electrons. The maximum atomic E-state index is 13.3. The maximum absolute atomic E-state index is 13.3. The number of hydrogen-bond donors (Lipinski definition) is 8. The number of ether oxygens (including phenoxy) is 3. The molecule has 2 heterocycles. The standard InChI is InChI=1S/C21H22O12/c22-6-13-15(27)17(29)18(30)21(32-13)33-20-16(28)14-11(26)4-8(23)5-12(14)31-19(20)7-1-2-9(24)10(25)3-7/h1-5,13,15,17-27,29-30H,6H2/t13-,15+,17+,18-,19+,20+,21+/m1/s1. The van der Waals surface area contributed by atoms with Gasteiger partial charge in [0.25, 0.3) is 0 Å². The summed E-state index contributed by atoms with van der Waals surface area (Å²) in [7, 11) is 0. The minimum atomic E-state index is -1.82. The second-order valence-electron chi connectivity index (χ2n) is 7.74. The van der Waals surface area contributed by atoms with Gasteiger partial charge in [0.2, 0.25) is 5.78 Å². The Morgan fingerprint density at radius 2 is 1.61 bits per heavy atom. The van der Waals surface area contributed by atoms with Gasteiger partial charge in [0, 0.05) is 12.1 Å². The van der Waals surface area contributed by atoms with Gasteiger partial charge in [-0.3, -0.25) is 4.79 Å². The molecule has 2 aromatic rings. The van der Waals surface area contributed by atoms with Crippen LogP contribution in [0.25, 0.3) is 0 Å². The lowest BCUT2D eigenvalue weighted by Gasteiger charge is -2.42. The lowest BCUT2D eigenvalue weighted by Crippen LogP contribution is -2.60. The lowest BCUT2D eigenvalue weighted by molar-refractivity contribution is -0.311. The van der Waals surface area contributed by atoms with Crippen LogP contribution < -0.4 is 4.74 Å². The fourth-order valence-electron chi connectivity index (χ4n) is 3.82. The highest BCUT2D eigenvalue weighted by atomic mass is 16.7. The topological polar surface area (TPSA) is 207 Å². The van der Waals surface area contributed by atoms with Crippen molar-refractivity contribution >= 4 is 5.78 Å². The number of carbonyl (C=O) groups is 1. The Hall–Kier alpha value is -3.13. The van der Waals surface area contributed by atoms with Gasteiger partial charge in [-0.05, 0) is 17.7 Å². The third-order valence-electron chi connectivity index (χ3n) is 5.56. The second kappa shape index (κ2) is 8.67. The molecule has 4 rings (SSSR count). The van der Waals surface area contributed by atoms with Crippen LogP contribution in [0.5, 0.6) is 28.7 Å². The summed E-state index contributed by atoms with van der Waals surface area (Å²) in [5.41, 5.74) is -0.191. The lowest BCUT2D eigenvalue weighted by atomic mass is 9.92. The van der Waals surface area contributed by atoms with Gasteiger partial charge in [0.05, 0.1) is 6.61 Å². The highest BCUT2D eigenvalue weighted by Crippen LogP contribution is 2.44. The molecule has 0 bridgehead atoms. The number of phenolic OH excluding ortho intramolecular Hbond substituents is 4. The summed E-state index contributed by atoms with van der Waals surface area (Å²) in [6.45, 7) is -0.724. The largest absolute Gasteiger partial charge is 0.508 e. The summed E-state index contributed by atoms with van der Waals surface area (Å²) in [4.78, 5) is 13.3. The quantitative estimate of drug-likeness (QED) is 0.256. The molecule has 7 atom stereocenters. The molecular formula is C21H22O12. The number of fused-ring (bicyclic) bond motifs is 1. The highest BCUT2D eigenvalue weighted by Gasteiger charge is 2.49. The molecule has 0 aliphatic carbocycles. The first kappa shape index (κ1) is 23.0. The van der Waals surface area contributed by atoms with Gasteiger partial charge in [-0.15, -0.1) is 0 Å². The number of aliphatic hydroxyl groups excluding tert-OH is 4. The molecular weight excluding hydrogens is 444 g/mol. The van der Waals surface area contributed by atoms with Crippen molar-refractivity contribution in [1.82, 2.24) is 0 Å². The molecule has 1 saturated heterocycles. The van der Waals surface area contributed by atoms with Crippen LogP contribution in [0.2, 0.25) is 0 Å². The van der Waals surface area contributed by atoms with Crippen molar-refractivity contribution in [1.29, 1.82) is 0 Å². The van der Waals surface area contributed by atoms with Crippen LogP contribution in [0.15, 0.2) is 30.3 Å². The van der Waals surface area contributed by atoms with E-state index in [-0.39, 0.29) is 22.6 Å².